The predicted molar refractivity (Wildman–Crippen MR) is 132 cm³/mol. The van der Waals surface area contributed by atoms with Crippen LogP contribution in [0.1, 0.15) is 124 Å². The number of benzene rings is 1. The molecule has 0 fully saturated rings. The Bertz CT molecular complexity index is 638. The van der Waals surface area contributed by atoms with E-state index in [1.165, 1.54) is 70.6 Å². The summed E-state index contributed by atoms with van der Waals surface area (Å²) in [5.74, 6) is -0.801. The molecular weight excluding hydrogens is 400 g/mol. The van der Waals surface area contributed by atoms with E-state index in [9.17, 15) is 9.59 Å². The summed E-state index contributed by atoms with van der Waals surface area (Å²) in [6.07, 6.45) is 20.1. The van der Waals surface area contributed by atoms with Gasteiger partial charge >= 0.3 is 11.9 Å². The van der Waals surface area contributed by atoms with Crippen LogP contribution < -0.4 is 0 Å². The highest BCUT2D eigenvalue weighted by molar-refractivity contribution is 5.95. The summed E-state index contributed by atoms with van der Waals surface area (Å²) in [5.41, 5.74) is 0.763. The summed E-state index contributed by atoms with van der Waals surface area (Å²) in [7, 11) is 0. The molecule has 0 saturated carbocycles. The number of hydrogen-bond acceptors (Lipinski definition) is 4. The molecule has 0 amide bonds. The lowest BCUT2D eigenvalue weighted by molar-refractivity contribution is 0.0497. The molecule has 1 aromatic carbocycles. The Balaban J connectivity index is 2.07. The first-order valence-electron chi connectivity index (χ1n) is 12.7. The number of carbonyl (C=O) groups is 2. The van der Waals surface area contributed by atoms with Crippen LogP contribution in [0.3, 0.4) is 0 Å². The molecule has 0 atom stereocenters. The van der Waals surface area contributed by atoms with Crippen molar-refractivity contribution in [3.63, 3.8) is 0 Å². The third-order valence-electron chi connectivity index (χ3n) is 5.60. The Labute approximate surface area is 195 Å². The Kier molecular flexibility index (Phi) is 17.1. The molecule has 0 unspecified atom stereocenters. The van der Waals surface area contributed by atoms with Crippen LogP contribution in [0.15, 0.2) is 36.9 Å². The van der Waals surface area contributed by atoms with Gasteiger partial charge in [0.1, 0.15) is 0 Å². The van der Waals surface area contributed by atoms with Gasteiger partial charge in [-0.2, -0.15) is 0 Å². The van der Waals surface area contributed by atoms with Gasteiger partial charge in [0.25, 0.3) is 0 Å². The molecule has 0 aliphatic rings. The molecule has 4 heteroatoms. The topological polar surface area (TPSA) is 52.6 Å². The second-order valence-electron chi connectivity index (χ2n) is 8.53. The number of ether oxygens (including phenoxy) is 2. The van der Waals surface area contributed by atoms with Crippen molar-refractivity contribution in [1.29, 1.82) is 0 Å². The van der Waals surface area contributed by atoms with E-state index < -0.39 is 5.97 Å². The highest BCUT2D eigenvalue weighted by atomic mass is 16.5. The van der Waals surface area contributed by atoms with Crippen molar-refractivity contribution < 1.29 is 19.1 Å². The molecule has 0 saturated heterocycles. The van der Waals surface area contributed by atoms with Crippen molar-refractivity contribution >= 4 is 11.9 Å². The van der Waals surface area contributed by atoms with Gasteiger partial charge in [0, 0.05) is 0 Å². The number of unbranched alkanes of at least 4 members (excludes halogenated alkanes) is 13. The molecule has 0 heterocycles. The number of hydrogen-bond donors (Lipinski definition) is 0. The van der Waals surface area contributed by atoms with Crippen molar-refractivity contribution in [3.05, 3.63) is 48.0 Å². The predicted octanol–water partition coefficient (Wildman–Crippen LogP) is 8.06. The quantitative estimate of drug-likeness (QED) is 0.116. The summed E-state index contributed by atoms with van der Waals surface area (Å²) in [6, 6.07) is 6.55. The molecule has 1 aromatic rings. The van der Waals surface area contributed by atoms with E-state index in [-0.39, 0.29) is 5.97 Å². The van der Waals surface area contributed by atoms with Crippen LogP contribution in [0, 0.1) is 0 Å². The van der Waals surface area contributed by atoms with Crippen LogP contribution >= 0.6 is 0 Å². The summed E-state index contributed by atoms with van der Waals surface area (Å²) in [4.78, 5) is 24.3. The SMILES string of the molecule is C=CCCCOC(=O)c1cccc(C(=O)OCCCCCCCCCCCCCCC)c1. The standard InChI is InChI=1S/C28H44O4/c1-3-5-7-8-9-10-11-12-13-14-15-16-18-23-32-28(30)26-21-19-20-25(24-26)27(29)31-22-17-6-4-2/h4,19-21,24H,2-3,5-18,22-23H2,1H3. The number of carbonyl (C=O) groups excluding carboxylic acids is 2. The van der Waals surface area contributed by atoms with E-state index in [1.54, 1.807) is 30.3 Å². The number of allylic oxidation sites excluding steroid dienone is 1. The smallest absolute Gasteiger partial charge is 0.338 e. The molecule has 4 nitrogen and oxygen atoms in total. The maximum atomic E-state index is 12.3. The van der Waals surface area contributed by atoms with E-state index in [4.69, 9.17) is 9.47 Å². The molecular formula is C28H44O4. The van der Waals surface area contributed by atoms with E-state index >= 15 is 0 Å². The summed E-state index contributed by atoms with van der Waals surface area (Å²) in [6.45, 7) is 6.67. The zero-order valence-electron chi connectivity index (χ0n) is 20.2. The Morgan fingerprint density at radius 1 is 0.719 bits per heavy atom. The summed E-state index contributed by atoms with van der Waals surface area (Å²) < 4.78 is 10.6. The van der Waals surface area contributed by atoms with E-state index in [2.05, 4.69) is 13.5 Å². The van der Waals surface area contributed by atoms with Gasteiger partial charge in [-0.15, -0.1) is 6.58 Å². The van der Waals surface area contributed by atoms with Crippen LogP contribution in [0.2, 0.25) is 0 Å². The monoisotopic (exact) mass is 444 g/mol. The molecule has 0 spiro atoms. The molecule has 0 aliphatic heterocycles. The van der Waals surface area contributed by atoms with Gasteiger partial charge < -0.3 is 9.47 Å². The minimum Gasteiger partial charge on any atom is -0.462 e. The highest BCUT2D eigenvalue weighted by Crippen LogP contribution is 2.13. The number of esters is 2. The summed E-state index contributed by atoms with van der Waals surface area (Å²) in [5, 5.41) is 0. The van der Waals surface area contributed by atoms with Gasteiger partial charge in [-0.25, -0.2) is 9.59 Å². The maximum Gasteiger partial charge on any atom is 0.338 e. The average Bonchev–Trinajstić information content (AvgIpc) is 2.82. The fourth-order valence-corrected chi connectivity index (χ4v) is 3.62. The van der Waals surface area contributed by atoms with Gasteiger partial charge in [0.15, 0.2) is 0 Å². The van der Waals surface area contributed by atoms with Crippen molar-refractivity contribution in [3.8, 4) is 0 Å². The van der Waals surface area contributed by atoms with Gasteiger partial charge in [0.2, 0.25) is 0 Å². The second-order valence-corrected chi connectivity index (χ2v) is 8.53. The van der Waals surface area contributed by atoms with Crippen molar-refractivity contribution in [2.45, 2.75) is 103 Å². The molecule has 0 aromatic heterocycles. The van der Waals surface area contributed by atoms with Crippen LogP contribution in [0.4, 0.5) is 0 Å². The lowest BCUT2D eigenvalue weighted by Crippen LogP contribution is -2.10. The first-order chi connectivity index (χ1) is 15.7. The van der Waals surface area contributed by atoms with Crippen LogP contribution in [0.25, 0.3) is 0 Å². The zero-order valence-corrected chi connectivity index (χ0v) is 20.2. The van der Waals surface area contributed by atoms with E-state index in [0.717, 1.165) is 25.7 Å². The van der Waals surface area contributed by atoms with Crippen LogP contribution in [0.5, 0.6) is 0 Å². The average molecular weight is 445 g/mol. The lowest BCUT2D eigenvalue weighted by Gasteiger charge is -2.07. The lowest BCUT2D eigenvalue weighted by atomic mass is 10.0. The summed E-state index contributed by atoms with van der Waals surface area (Å²) >= 11 is 0. The van der Waals surface area contributed by atoms with Crippen LogP contribution in [-0.4, -0.2) is 25.2 Å². The molecule has 180 valence electrons. The minimum absolute atomic E-state index is 0.346. The van der Waals surface area contributed by atoms with Gasteiger partial charge in [0.05, 0.1) is 24.3 Å². The molecule has 0 aliphatic carbocycles. The van der Waals surface area contributed by atoms with Gasteiger partial charge in [-0.05, 0) is 37.5 Å². The minimum atomic E-state index is -0.416. The van der Waals surface area contributed by atoms with E-state index in [0.29, 0.717) is 24.3 Å². The Hall–Kier alpha value is -2.10. The molecule has 0 radical (unpaired) electrons. The van der Waals surface area contributed by atoms with E-state index in [1.807, 2.05) is 0 Å². The highest BCUT2D eigenvalue weighted by Gasteiger charge is 2.12. The normalized spacial score (nSPS) is 10.7. The maximum absolute atomic E-state index is 12.3. The Morgan fingerprint density at radius 3 is 1.62 bits per heavy atom. The molecule has 32 heavy (non-hydrogen) atoms. The van der Waals surface area contributed by atoms with Crippen molar-refractivity contribution in [2.24, 2.45) is 0 Å². The first-order valence-corrected chi connectivity index (χ1v) is 12.7. The Morgan fingerprint density at radius 2 is 1.16 bits per heavy atom. The first kappa shape index (κ1) is 27.9. The third kappa shape index (κ3) is 14.1. The van der Waals surface area contributed by atoms with Crippen molar-refractivity contribution in [1.82, 2.24) is 0 Å². The zero-order chi connectivity index (χ0) is 23.3. The molecule has 0 N–H and O–H groups in total. The fourth-order valence-electron chi connectivity index (χ4n) is 3.62. The van der Waals surface area contributed by atoms with Crippen molar-refractivity contribution in [2.75, 3.05) is 13.2 Å². The third-order valence-corrected chi connectivity index (χ3v) is 5.60. The molecule has 1 rings (SSSR count). The van der Waals surface area contributed by atoms with Gasteiger partial charge in [-0.3, -0.25) is 0 Å². The van der Waals surface area contributed by atoms with Gasteiger partial charge in [-0.1, -0.05) is 96.1 Å². The molecule has 0 bridgehead atoms. The fraction of sp³-hybridized carbons (Fsp3) is 0.643. The van der Waals surface area contributed by atoms with Crippen LogP contribution in [-0.2, 0) is 9.47 Å². The second kappa shape index (κ2) is 19.6. The largest absolute Gasteiger partial charge is 0.462 e. The number of rotatable bonds is 20.